The van der Waals surface area contributed by atoms with Gasteiger partial charge in [0.1, 0.15) is 23.4 Å². The number of fused-ring (bicyclic) bond motifs is 1. The molecule has 0 amide bonds. The summed E-state index contributed by atoms with van der Waals surface area (Å²) in [6.07, 6.45) is -2.17. The smallest absolute Gasteiger partial charge is 0.157 e. The topological polar surface area (TPSA) is 110 Å². The SMILES string of the molecule is [2H]c1c(O)c([2H])c2c(c1O)C[C@H](O)[C@@H](c1ccc(O)c(O)c1)O2. The summed E-state index contributed by atoms with van der Waals surface area (Å²) in [5.41, 5.74) is 0.427. The van der Waals surface area contributed by atoms with Gasteiger partial charge >= 0.3 is 0 Å². The van der Waals surface area contributed by atoms with Gasteiger partial charge in [0.2, 0.25) is 0 Å². The van der Waals surface area contributed by atoms with Gasteiger partial charge in [0.05, 0.1) is 8.85 Å². The minimum absolute atomic E-state index is 0.0737. The van der Waals surface area contributed by atoms with Crippen LogP contribution in [0.3, 0.4) is 0 Å². The Hall–Kier alpha value is -2.60. The zero-order valence-corrected chi connectivity index (χ0v) is 10.7. The Morgan fingerprint density at radius 3 is 2.52 bits per heavy atom. The molecule has 0 saturated heterocycles. The van der Waals surface area contributed by atoms with Crippen LogP contribution in [-0.4, -0.2) is 31.6 Å². The van der Waals surface area contributed by atoms with Crippen LogP contribution in [0.2, 0.25) is 0 Å². The number of ether oxygens (including phenoxy) is 1. The van der Waals surface area contributed by atoms with E-state index in [2.05, 4.69) is 0 Å². The molecule has 0 saturated carbocycles. The third-order valence-electron chi connectivity index (χ3n) is 3.36. The third-order valence-corrected chi connectivity index (χ3v) is 3.36. The van der Waals surface area contributed by atoms with E-state index in [1.165, 1.54) is 18.2 Å². The molecule has 5 N–H and O–H groups in total. The van der Waals surface area contributed by atoms with Crippen molar-refractivity contribution in [2.24, 2.45) is 0 Å². The summed E-state index contributed by atoms with van der Waals surface area (Å²) in [4.78, 5) is 0. The lowest BCUT2D eigenvalue weighted by atomic mass is 9.94. The first-order chi connectivity index (χ1) is 10.8. The Kier molecular flexibility index (Phi) is 2.51. The Morgan fingerprint density at radius 1 is 1.05 bits per heavy atom. The van der Waals surface area contributed by atoms with Crippen LogP contribution in [0.1, 0.15) is 20.0 Å². The molecule has 0 radical (unpaired) electrons. The van der Waals surface area contributed by atoms with Crippen LogP contribution in [0.5, 0.6) is 28.7 Å². The second-order valence-corrected chi connectivity index (χ2v) is 4.81. The van der Waals surface area contributed by atoms with Crippen molar-refractivity contribution in [3.63, 3.8) is 0 Å². The largest absolute Gasteiger partial charge is 0.508 e. The fraction of sp³-hybridized carbons (Fsp3) is 0.200. The average Bonchev–Trinajstić information content (AvgIpc) is 2.53. The molecule has 2 aromatic rings. The lowest BCUT2D eigenvalue weighted by Crippen LogP contribution is -2.30. The molecule has 1 aliphatic rings. The van der Waals surface area contributed by atoms with Gasteiger partial charge in [-0.25, -0.2) is 0 Å². The van der Waals surface area contributed by atoms with Crippen molar-refractivity contribution in [2.45, 2.75) is 18.6 Å². The van der Waals surface area contributed by atoms with E-state index in [0.29, 0.717) is 5.56 Å². The molecule has 110 valence electrons. The monoisotopic (exact) mass is 292 g/mol. The van der Waals surface area contributed by atoms with Crippen molar-refractivity contribution in [1.82, 2.24) is 0 Å². The zero-order valence-electron chi connectivity index (χ0n) is 12.7. The van der Waals surface area contributed by atoms with E-state index in [-0.39, 0.29) is 29.2 Å². The second-order valence-electron chi connectivity index (χ2n) is 4.81. The van der Waals surface area contributed by atoms with Crippen LogP contribution in [0, 0.1) is 0 Å². The van der Waals surface area contributed by atoms with Crippen molar-refractivity contribution >= 4 is 0 Å². The van der Waals surface area contributed by atoms with Crippen molar-refractivity contribution in [3.05, 3.63) is 41.4 Å². The lowest BCUT2D eigenvalue weighted by Gasteiger charge is -2.31. The zero-order chi connectivity index (χ0) is 16.9. The first-order valence-electron chi connectivity index (χ1n) is 7.21. The lowest BCUT2D eigenvalue weighted by molar-refractivity contribution is 0.0197. The van der Waals surface area contributed by atoms with Gasteiger partial charge in [0.15, 0.2) is 11.5 Å². The maximum absolute atomic E-state index is 10.2. The number of phenols is 4. The first-order valence-corrected chi connectivity index (χ1v) is 6.21. The molecule has 3 rings (SSSR count). The maximum atomic E-state index is 10.2. The average molecular weight is 292 g/mol. The molecule has 0 unspecified atom stereocenters. The quantitative estimate of drug-likeness (QED) is 0.510. The highest BCUT2D eigenvalue weighted by Gasteiger charge is 2.32. The van der Waals surface area contributed by atoms with Gasteiger partial charge in [-0.1, -0.05) is 6.07 Å². The fourth-order valence-corrected chi connectivity index (χ4v) is 2.33. The number of aliphatic hydroxyl groups excluding tert-OH is 1. The van der Waals surface area contributed by atoms with Crippen LogP contribution in [0.4, 0.5) is 0 Å². The molecule has 0 spiro atoms. The van der Waals surface area contributed by atoms with E-state index in [0.717, 1.165) is 0 Å². The summed E-state index contributed by atoms with van der Waals surface area (Å²) in [6, 6.07) is 2.85. The molecule has 0 bridgehead atoms. The first kappa shape index (κ1) is 11.1. The number of aromatic hydroxyl groups is 4. The van der Waals surface area contributed by atoms with E-state index in [4.69, 9.17) is 7.48 Å². The maximum Gasteiger partial charge on any atom is 0.157 e. The van der Waals surface area contributed by atoms with E-state index in [1.54, 1.807) is 0 Å². The summed E-state index contributed by atoms with van der Waals surface area (Å²) in [5.74, 6) is -2.10. The molecule has 6 nitrogen and oxygen atoms in total. The van der Waals surface area contributed by atoms with Crippen LogP contribution >= 0.6 is 0 Å². The van der Waals surface area contributed by atoms with Crippen molar-refractivity contribution < 1.29 is 33.0 Å². The predicted octanol–water partition coefficient (Wildman–Crippen LogP) is 1.55. The van der Waals surface area contributed by atoms with Gasteiger partial charge in [-0.2, -0.15) is 0 Å². The summed E-state index contributed by atoms with van der Waals surface area (Å²) < 4.78 is 20.9. The molecule has 0 aliphatic carbocycles. The molecule has 0 fully saturated rings. The summed E-state index contributed by atoms with van der Waals surface area (Å²) in [6.45, 7) is 0. The Labute approximate surface area is 122 Å². The minimum Gasteiger partial charge on any atom is -0.508 e. The normalized spacial score (nSPS) is 22.0. The highest BCUT2D eigenvalue weighted by molar-refractivity contribution is 5.52. The van der Waals surface area contributed by atoms with E-state index in [9.17, 15) is 25.5 Å². The molecule has 6 heteroatoms. The van der Waals surface area contributed by atoms with Crippen molar-refractivity contribution in [3.8, 4) is 28.7 Å². The number of aliphatic hydroxyl groups is 1. The van der Waals surface area contributed by atoms with E-state index >= 15 is 0 Å². The Morgan fingerprint density at radius 2 is 1.81 bits per heavy atom. The Balaban J connectivity index is 2.08. The summed E-state index contributed by atoms with van der Waals surface area (Å²) >= 11 is 0. The second kappa shape index (κ2) is 4.75. The minimum atomic E-state index is -1.11. The van der Waals surface area contributed by atoms with Gasteiger partial charge in [-0.15, -0.1) is 0 Å². The number of benzene rings is 2. The molecular weight excluding hydrogens is 276 g/mol. The standard InChI is InChI=1S/C15H14O6/c16-8-4-11(18)9-6-13(20)15(21-14(9)5-8)7-1-2-10(17)12(19)3-7/h1-5,13,15-20H,6H2/t13-,15+/m0/s1/i4D,5D. The molecule has 2 atom stereocenters. The molecule has 2 aromatic carbocycles. The summed E-state index contributed by atoms with van der Waals surface area (Å²) in [7, 11) is 0. The highest BCUT2D eigenvalue weighted by Crippen LogP contribution is 2.42. The van der Waals surface area contributed by atoms with Crippen molar-refractivity contribution in [1.29, 1.82) is 0 Å². The number of phenolic OH excluding ortho intramolecular Hbond substituents is 4. The van der Waals surface area contributed by atoms with Gasteiger partial charge < -0.3 is 30.3 Å². The number of hydrogen-bond donors (Lipinski definition) is 5. The van der Waals surface area contributed by atoms with Gasteiger partial charge in [0, 0.05) is 24.1 Å². The molecular formula is C15H14O6. The van der Waals surface area contributed by atoms with Gasteiger partial charge in [-0.05, 0) is 17.7 Å². The third kappa shape index (κ3) is 2.30. The van der Waals surface area contributed by atoms with Crippen LogP contribution in [-0.2, 0) is 6.42 Å². The van der Waals surface area contributed by atoms with Crippen molar-refractivity contribution in [2.75, 3.05) is 0 Å². The van der Waals surface area contributed by atoms with Gasteiger partial charge in [-0.3, -0.25) is 0 Å². The fourth-order valence-electron chi connectivity index (χ4n) is 2.33. The van der Waals surface area contributed by atoms with Crippen LogP contribution in [0.15, 0.2) is 30.3 Å². The molecule has 1 heterocycles. The van der Waals surface area contributed by atoms with Crippen LogP contribution < -0.4 is 4.74 Å². The van der Waals surface area contributed by atoms with E-state index < -0.39 is 35.8 Å². The number of hydrogen-bond acceptors (Lipinski definition) is 6. The van der Waals surface area contributed by atoms with E-state index in [1.807, 2.05) is 0 Å². The Bertz CT molecular complexity index is 792. The van der Waals surface area contributed by atoms with Crippen LogP contribution in [0.25, 0.3) is 0 Å². The highest BCUT2D eigenvalue weighted by atomic mass is 16.5. The molecule has 1 aliphatic heterocycles. The van der Waals surface area contributed by atoms with Gasteiger partial charge in [0.25, 0.3) is 0 Å². The molecule has 21 heavy (non-hydrogen) atoms. The number of rotatable bonds is 1. The summed E-state index contributed by atoms with van der Waals surface area (Å²) in [5, 5.41) is 48.7. The molecule has 0 aromatic heterocycles. The predicted molar refractivity (Wildman–Crippen MR) is 72.6 cm³/mol.